The first-order chi connectivity index (χ1) is 9.72. The molecule has 0 amide bonds. The van der Waals surface area contributed by atoms with Crippen molar-refractivity contribution in [2.75, 3.05) is 32.1 Å². The summed E-state index contributed by atoms with van der Waals surface area (Å²) in [6.07, 6.45) is 4.55. The number of hydrogen-bond acceptors (Lipinski definition) is 5. The van der Waals surface area contributed by atoms with Gasteiger partial charge in [0.05, 0.1) is 0 Å². The van der Waals surface area contributed by atoms with Crippen LogP contribution in [-0.2, 0) is 6.42 Å². The predicted octanol–water partition coefficient (Wildman–Crippen LogP) is 2.33. The molecule has 5 heteroatoms. The number of anilines is 1. The highest BCUT2D eigenvalue weighted by atomic mass is 16.5. The van der Waals surface area contributed by atoms with E-state index in [1.807, 2.05) is 6.07 Å². The van der Waals surface area contributed by atoms with Gasteiger partial charge in [-0.25, -0.2) is 4.98 Å². The molecule has 0 aliphatic heterocycles. The van der Waals surface area contributed by atoms with E-state index in [4.69, 9.17) is 4.74 Å². The van der Waals surface area contributed by atoms with Gasteiger partial charge in [0.2, 0.25) is 5.88 Å². The summed E-state index contributed by atoms with van der Waals surface area (Å²) in [5, 5.41) is 3.30. The van der Waals surface area contributed by atoms with Crippen LogP contribution in [-0.4, -0.2) is 47.7 Å². The fourth-order valence-corrected chi connectivity index (χ4v) is 2.04. The summed E-state index contributed by atoms with van der Waals surface area (Å²) < 4.78 is 5.78. The standard InChI is InChI=1S/C15H26N4O/c1-4-8-16-14-11-15(18-13(5-2)17-14)20-10-9-19(3)12-6-7-12/h11-12H,4-10H2,1-3H3,(H,16,17,18). The number of likely N-dealkylation sites (N-methyl/N-ethyl adjacent to an activating group) is 1. The van der Waals surface area contributed by atoms with E-state index in [1.165, 1.54) is 12.8 Å². The van der Waals surface area contributed by atoms with Crippen LogP contribution in [0, 0.1) is 0 Å². The van der Waals surface area contributed by atoms with Crippen LogP contribution in [0.2, 0.25) is 0 Å². The molecule has 1 heterocycles. The summed E-state index contributed by atoms with van der Waals surface area (Å²) in [7, 11) is 2.16. The molecule has 1 N–H and O–H groups in total. The van der Waals surface area contributed by atoms with Gasteiger partial charge in [-0.2, -0.15) is 4.98 Å². The Morgan fingerprint density at radius 3 is 2.80 bits per heavy atom. The molecule has 0 aromatic carbocycles. The van der Waals surface area contributed by atoms with Crippen molar-refractivity contribution in [2.45, 2.75) is 45.6 Å². The number of ether oxygens (including phenoxy) is 1. The van der Waals surface area contributed by atoms with Gasteiger partial charge in [0.15, 0.2) is 0 Å². The zero-order valence-electron chi connectivity index (χ0n) is 12.9. The largest absolute Gasteiger partial charge is 0.476 e. The minimum Gasteiger partial charge on any atom is -0.476 e. The van der Waals surface area contributed by atoms with E-state index in [0.29, 0.717) is 12.5 Å². The van der Waals surface area contributed by atoms with E-state index >= 15 is 0 Å². The van der Waals surface area contributed by atoms with Gasteiger partial charge >= 0.3 is 0 Å². The average Bonchev–Trinajstić information content (AvgIpc) is 3.29. The second kappa shape index (κ2) is 7.43. The lowest BCUT2D eigenvalue weighted by molar-refractivity contribution is 0.226. The fourth-order valence-electron chi connectivity index (χ4n) is 2.04. The third-order valence-electron chi connectivity index (χ3n) is 3.49. The third-order valence-corrected chi connectivity index (χ3v) is 3.49. The zero-order valence-corrected chi connectivity index (χ0v) is 12.9. The van der Waals surface area contributed by atoms with Crippen molar-refractivity contribution in [3.63, 3.8) is 0 Å². The summed E-state index contributed by atoms with van der Waals surface area (Å²) in [5.41, 5.74) is 0. The SMILES string of the molecule is CCCNc1cc(OCCN(C)C2CC2)nc(CC)n1. The minimum atomic E-state index is 0.680. The van der Waals surface area contributed by atoms with Crippen LogP contribution in [0.3, 0.4) is 0 Å². The van der Waals surface area contributed by atoms with Gasteiger partial charge in [-0.1, -0.05) is 13.8 Å². The van der Waals surface area contributed by atoms with Gasteiger partial charge < -0.3 is 15.0 Å². The number of hydrogen-bond donors (Lipinski definition) is 1. The second-order valence-corrected chi connectivity index (χ2v) is 5.35. The number of nitrogens with zero attached hydrogens (tertiary/aromatic N) is 3. The Kier molecular flexibility index (Phi) is 5.59. The van der Waals surface area contributed by atoms with Crippen molar-refractivity contribution in [3.8, 4) is 5.88 Å². The number of rotatable bonds is 9. The Bertz CT molecular complexity index is 420. The van der Waals surface area contributed by atoms with Crippen molar-refractivity contribution < 1.29 is 4.74 Å². The molecular weight excluding hydrogens is 252 g/mol. The van der Waals surface area contributed by atoms with E-state index in [9.17, 15) is 0 Å². The van der Waals surface area contributed by atoms with Crippen molar-refractivity contribution >= 4 is 5.82 Å². The Balaban J connectivity index is 1.87. The van der Waals surface area contributed by atoms with Crippen LogP contribution < -0.4 is 10.1 Å². The molecule has 1 fully saturated rings. The molecule has 1 aliphatic carbocycles. The van der Waals surface area contributed by atoms with Crippen LogP contribution in [0.25, 0.3) is 0 Å². The second-order valence-electron chi connectivity index (χ2n) is 5.35. The Hall–Kier alpha value is -1.36. The van der Waals surface area contributed by atoms with E-state index in [1.54, 1.807) is 0 Å². The first-order valence-electron chi connectivity index (χ1n) is 7.67. The summed E-state index contributed by atoms with van der Waals surface area (Å²) in [4.78, 5) is 11.2. The molecule has 5 nitrogen and oxygen atoms in total. The summed E-state index contributed by atoms with van der Waals surface area (Å²) in [6.45, 7) is 6.75. The Morgan fingerprint density at radius 1 is 1.35 bits per heavy atom. The van der Waals surface area contributed by atoms with Gasteiger partial charge in [0.25, 0.3) is 0 Å². The van der Waals surface area contributed by atoms with E-state index in [2.05, 4.69) is 41.1 Å². The molecule has 1 saturated carbocycles. The molecular formula is C15H26N4O. The molecule has 0 bridgehead atoms. The maximum Gasteiger partial charge on any atom is 0.218 e. The third kappa shape index (κ3) is 4.63. The molecule has 1 aliphatic rings. The molecule has 0 unspecified atom stereocenters. The van der Waals surface area contributed by atoms with Gasteiger partial charge in [0, 0.05) is 31.6 Å². The quantitative estimate of drug-likeness (QED) is 0.751. The Morgan fingerprint density at radius 2 is 2.15 bits per heavy atom. The first-order valence-corrected chi connectivity index (χ1v) is 7.67. The first kappa shape index (κ1) is 15.0. The van der Waals surface area contributed by atoms with Gasteiger partial charge in [-0.05, 0) is 26.3 Å². The van der Waals surface area contributed by atoms with Gasteiger partial charge in [-0.3, -0.25) is 0 Å². The molecule has 0 radical (unpaired) electrons. The molecule has 0 atom stereocenters. The lowest BCUT2D eigenvalue weighted by atomic mass is 10.4. The molecule has 1 aromatic rings. The van der Waals surface area contributed by atoms with E-state index < -0.39 is 0 Å². The summed E-state index contributed by atoms with van der Waals surface area (Å²) >= 11 is 0. The molecule has 20 heavy (non-hydrogen) atoms. The highest BCUT2D eigenvalue weighted by molar-refractivity contribution is 5.38. The minimum absolute atomic E-state index is 0.680. The zero-order chi connectivity index (χ0) is 14.4. The van der Waals surface area contributed by atoms with Crippen molar-refractivity contribution in [2.24, 2.45) is 0 Å². The van der Waals surface area contributed by atoms with Crippen LogP contribution in [0.4, 0.5) is 5.82 Å². The molecule has 112 valence electrons. The molecule has 0 spiro atoms. The van der Waals surface area contributed by atoms with Crippen molar-refractivity contribution in [3.05, 3.63) is 11.9 Å². The maximum atomic E-state index is 5.78. The summed E-state index contributed by atoms with van der Waals surface area (Å²) in [5.74, 6) is 2.38. The van der Waals surface area contributed by atoms with Crippen LogP contribution in [0.1, 0.15) is 38.9 Å². The Labute approximate surface area is 121 Å². The van der Waals surface area contributed by atoms with Crippen LogP contribution in [0.15, 0.2) is 6.07 Å². The van der Waals surface area contributed by atoms with E-state index in [0.717, 1.165) is 43.6 Å². The van der Waals surface area contributed by atoms with E-state index in [-0.39, 0.29) is 0 Å². The fraction of sp³-hybridized carbons (Fsp3) is 0.733. The lowest BCUT2D eigenvalue weighted by Gasteiger charge is -2.16. The van der Waals surface area contributed by atoms with Crippen molar-refractivity contribution in [1.82, 2.24) is 14.9 Å². The molecule has 2 rings (SSSR count). The van der Waals surface area contributed by atoms with Crippen LogP contribution >= 0.6 is 0 Å². The average molecular weight is 278 g/mol. The number of aromatic nitrogens is 2. The summed E-state index contributed by atoms with van der Waals surface area (Å²) in [6, 6.07) is 2.67. The normalized spacial score (nSPS) is 14.6. The lowest BCUT2D eigenvalue weighted by Crippen LogP contribution is -2.26. The predicted molar refractivity (Wildman–Crippen MR) is 81.3 cm³/mol. The van der Waals surface area contributed by atoms with Gasteiger partial charge in [0.1, 0.15) is 18.2 Å². The number of nitrogens with one attached hydrogen (secondary N) is 1. The monoisotopic (exact) mass is 278 g/mol. The topological polar surface area (TPSA) is 50.3 Å². The smallest absolute Gasteiger partial charge is 0.218 e. The maximum absolute atomic E-state index is 5.78. The highest BCUT2D eigenvalue weighted by Gasteiger charge is 2.25. The number of aryl methyl sites for hydroxylation is 1. The van der Waals surface area contributed by atoms with Crippen LogP contribution in [0.5, 0.6) is 5.88 Å². The van der Waals surface area contributed by atoms with Crippen molar-refractivity contribution in [1.29, 1.82) is 0 Å². The highest BCUT2D eigenvalue weighted by Crippen LogP contribution is 2.24. The molecule has 1 aromatic heterocycles. The van der Waals surface area contributed by atoms with Gasteiger partial charge in [-0.15, -0.1) is 0 Å². The molecule has 0 saturated heterocycles.